The second kappa shape index (κ2) is 6.58. The van der Waals surface area contributed by atoms with Crippen molar-refractivity contribution in [2.24, 2.45) is 0 Å². The summed E-state index contributed by atoms with van der Waals surface area (Å²) < 4.78 is 0. The Balaban J connectivity index is 2.04. The quantitative estimate of drug-likeness (QED) is 0.771. The molecule has 2 nitrogen and oxygen atoms in total. The summed E-state index contributed by atoms with van der Waals surface area (Å²) in [6, 6.07) is 8.58. The Kier molecular flexibility index (Phi) is 5.06. The van der Waals surface area contributed by atoms with Gasteiger partial charge >= 0.3 is 0 Å². The standard InChI is InChI=1S/C16H23NOS/c1-4-13-5-7-14(8-6-13)16(18)12(2)17(3)15-9-10-19-11-15/h5-8,12,15H,4,9-11H2,1-3H3. The van der Waals surface area contributed by atoms with Gasteiger partial charge in [0.1, 0.15) is 0 Å². The molecular weight excluding hydrogens is 254 g/mol. The van der Waals surface area contributed by atoms with Crippen LogP contribution in [0.15, 0.2) is 24.3 Å². The number of aryl methyl sites for hydroxylation is 1. The van der Waals surface area contributed by atoms with Crippen molar-refractivity contribution in [2.75, 3.05) is 18.6 Å². The molecule has 0 aromatic heterocycles. The van der Waals surface area contributed by atoms with Crippen LogP contribution in [0.25, 0.3) is 0 Å². The third kappa shape index (κ3) is 3.40. The van der Waals surface area contributed by atoms with Gasteiger partial charge in [0.2, 0.25) is 0 Å². The van der Waals surface area contributed by atoms with Gasteiger partial charge in [-0.3, -0.25) is 9.69 Å². The Labute approximate surface area is 120 Å². The van der Waals surface area contributed by atoms with Crippen LogP contribution in [0.4, 0.5) is 0 Å². The van der Waals surface area contributed by atoms with Gasteiger partial charge in [-0.1, -0.05) is 31.2 Å². The molecule has 0 spiro atoms. The minimum Gasteiger partial charge on any atom is -0.293 e. The van der Waals surface area contributed by atoms with Crippen molar-refractivity contribution < 1.29 is 4.79 Å². The summed E-state index contributed by atoms with van der Waals surface area (Å²) >= 11 is 1.99. The zero-order valence-corrected chi connectivity index (χ0v) is 12.9. The number of rotatable bonds is 5. The number of likely N-dealkylation sites (N-methyl/N-ethyl adjacent to an activating group) is 1. The summed E-state index contributed by atoms with van der Waals surface area (Å²) in [4.78, 5) is 14.7. The molecule has 2 rings (SSSR count). The Morgan fingerprint density at radius 2 is 2.11 bits per heavy atom. The number of carbonyl (C=O) groups excluding carboxylic acids is 1. The molecule has 104 valence electrons. The van der Waals surface area contributed by atoms with Crippen molar-refractivity contribution >= 4 is 17.5 Å². The van der Waals surface area contributed by atoms with Gasteiger partial charge in [0, 0.05) is 17.4 Å². The lowest BCUT2D eigenvalue weighted by molar-refractivity contribution is 0.0830. The molecule has 0 saturated carbocycles. The fraction of sp³-hybridized carbons (Fsp3) is 0.562. The largest absolute Gasteiger partial charge is 0.293 e. The lowest BCUT2D eigenvalue weighted by Gasteiger charge is -2.29. The van der Waals surface area contributed by atoms with Gasteiger partial charge in [-0.05, 0) is 38.1 Å². The van der Waals surface area contributed by atoms with Gasteiger partial charge < -0.3 is 0 Å². The van der Waals surface area contributed by atoms with Crippen LogP contribution < -0.4 is 0 Å². The van der Waals surface area contributed by atoms with E-state index in [4.69, 9.17) is 0 Å². The van der Waals surface area contributed by atoms with Gasteiger partial charge in [-0.25, -0.2) is 0 Å². The maximum Gasteiger partial charge on any atom is 0.179 e. The van der Waals surface area contributed by atoms with Crippen molar-refractivity contribution in [3.63, 3.8) is 0 Å². The van der Waals surface area contributed by atoms with Crippen molar-refractivity contribution in [2.45, 2.75) is 38.8 Å². The maximum atomic E-state index is 12.5. The van der Waals surface area contributed by atoms with E-state index < -0.39 is 0 Å². The summed E-state index contributed by atoms with van der Waals surface area (Å²) in [6.45, 7) is 4.16. The number of hydrogen-bond donors (Lipinski definition) is 0. The van der Waals surface area contributed by atoms with E-state index >= 15 is 0 Å². The molecule has 2 unspecified atom stereocenters. The molecule has 1 fully saturated rings. The van der Waals surface area contributed by atoms with Crippen LogP contribution in [0.1, 0.15) is 36.2 Å². The molecule has 0 amide bonds. The molecule has 19 heavy (non-hydrogen) atoms. The third-order valence-electron chi connectivity index (χ3n) is 4.12. The first-order chi connectivity index (χ1) is 9.13. The van der Waals surface area contributed by atoms with Crippen LogP contribution in [-0.2, 0) is 6.42 Å². The van der Waals surface area contributed by atoms with E-state index in [2.05, 4.69) is 31.0 Å². The molecule has 0 N–H and O–H groups in total. The van der Waals surface area contributed by atoms with Crippen molar-refractivity contribution in [3.05, 3.63) is 35.4 Å². The number of nitrogens with zero attached hydrogens (tertiary/aromatic N) is 1. The zero-order valence-electron chi connectivity index (χ0n) is 12.1. The average Bonchev–Trinajstić information content (AvgIpc) is 2.99. The second-order valence-corrected chi connectivity index (χ2v) is 6.42. The first-order valence-corrected chi connectivity index (χ1v) is 8.21. The summed E-state index contributed by atoms with van der Waals surface area (Å²) in [5.41, 5.74) is 2.12. The first-order valence-electron chi connectivity index (χ1n) is 7.06. The van der Waals surface area contributed by atoms with E-state index in [1.807, 2.05) is 30.8 Å². The molecule has 1 aliphatic rings. The molecule has 0 aliphatic carbocycles. The topological polar surface area (TPSA) is 20.3 Å². The Morgan fingerprint density at radius 1 is 1.42 bits per heavy atom. The SMILES string of the molecule is CCc1ccc(C(=O)C(C)N(C)C2CCSC2)cc1. The lowest BCUT2D eigenvalue weighted by Crippen LogP contribution is -2.43. The van der Waals surface area contributed by atoms with Crippen LogP contribution in [0, 0.1) is 0 Å². The highest BCUT2D eigenvalue weighted by Gasteiger charge is 2.27. The second-order valence-electron chi connectivity index (χ2n) is 5.27. The molecule has 3 heteroatoms. The first kappa shape index (κ1) is 14.6. The van der Waals surface area contributed by atoms with Crippen molar-refractivity contribution in [3.8, 4) is 0 Å². The Hall–Kier alpha value is -0.800. The predicted molar refractivity (Wildman–Crippen MR) is 83.1 cm³/mol. The number of ketones is 1. The highest BCUT2D eigenvalue weighted by Crippen LogP contribution is 2.23. The van der Waals surface area contributed by atoms with Gasteiger partial charge in [-0.15, -0.1) is 0 Å². The maximum absolute atomic E-state index is 12.5. The normalized spacial score (nSPS) is 20.7. The van der Waals surface area contributed by atoms with Crippen LogP contribution in [-0.4, -0.2) is 41.3 Å². The number of hydrogen-bond acceptors (Lipinski definition) is 3. The molecule has 1 saturated heterocycles. The number of Topliss-reactive ketones (excluding diaryl/α,β-unsaturated/α-hetero) is 1. The fourth-order valence-corrected chi connectivity index (χ4v) is 3.77. The van der Waals surface area contributed by atoms with Crippen molar-refractivity contribution in [1.29, 1.82) is 0 Å². The minimum atomic E-state index is -0.0313. The Bertz CT molecular complexity index is 423. The molecule has 1 aromatic carbocycles. The predicted octanol–water partition coefficient (Wildman–Crippen LogP) is 3.26. The molecule has 0 bridgehead atoms. The summed E-state index contributed by atoms with van der Waals surface area (Å²) in [6.07, 6.45) is 2.22. The van der Waals surface area contributed by atoms with Gasteiger partial charge in [0.15, 0.2) is 5.78 Å². The van der Waals surface area contributed by atoms with Gasteiger partial charge in [0.25, 0.3) is 0 Å². The van der Waals surface area contributed by atoms with Gasteiger partial charge in [0.05, 0.1) is 6.04 Å². The summed E-state index contributed by atoms with van der Waals surface area (Å²) in [5, 5.41) is 0. The monoisotopic (exact) mass is 277 g/mol. The molecular formula is C16H23NOS. The van der Waals surface area contributed by atoms with Crippen molar-refractivity contribution in [1.82, 2.24) is 4.90 Å². The lowest BCUT2D eigenvalue weighted by atomic mass is 10.0. The molecule has 1 aromatic rings. The average molecular weight is 277 g/mol. The van der Waals surface area contributed by atoms with E-state index in [1.165, 1.54) is 17.7 Å². The van der Waals surface area contributed by atoms with E-state index in [9.17, 15) is 4.79 Å². The number of carbonyl (C=O) groups is 1. The molecule has 0 radical (unpaired) electrons. The van der Waals surface area contributed by atoms with Gasteiger partial charge in [-0.2, -0.15) is 11.8 Å². The fourth-order valence-electron chi connectivity index (χ4n) is 2.49. The molecule has 1 aliphatic heterocycles. The third-order valence-corrected chi connectivity index (χ3v) is 5.26. The van der Waals surface area contributed by atoms with Crippen LogP contribution >= 0.6 is 11.8 Å². The van der Waals surface area contributed by atoms with Crippen LogP contribution in [0.3, 0.4) is 0 Å². The van der Waals surface area contributed by atoms with E-state index in [-0.39, 0.29) is 11.8 Å². The minimum absolute atomic E-state index is 0.0313. The van der Waals surface area contributed by atoms with Crippen LogP contribution in [0.2, 0.25) is 0 Å². The van der Waals surface area contributed by atoms with E-state index in [0.717, 1.165) is 17.7 Å². The van der Waals surface area contributed by atoms with E-state index in [1.54, 1.807) is 0 Å². The number of thioether (sulfide) groups is 1. The smallest absolute Gasteiger partial charge is 0.179 e. The molecule has 1 heterocycles. The van der Waals surface area contributed by atoms with E-state index in [0.29, 0.717) is 6.04 Å². The Morgan fingerprint density at radius 3 is 2.63 bits per heavy atom. The summed E-state index contributed by atoms with van der Waals surface area (Å²) in [7, 11) is 2.08. The number of benzene rings is 1. The van der Waals surface area contributed by atoms with Crippen LogP contribution in [0.5, 0.6) is 0 Å². The zero-order chi connectivity index (χ0) is 13.8. The molecule has 2 atom stereocenters. The highest BCUT2D eigenvalue weighted by molar-refractivity contribution is 7.99. The summed E-state index contributed by atoms with van der Waals surface area (Å²) in [5.74, 6) is 2.62. The highest BCUT2D eigenvalue weighted by atomic mass is 32.2.